The Morgan fingerprint density at radius 1 is 1.50 bits per heavy atom. The van der Waals surface area contributed by atoms with E-state index < -0.39 is 0 Å². The molecule has 0 fully saturated rings. The summed E-state index contributed by atoms with van der Waals surface area (Å²) >= 11 is 1.35. The van der Waals surface area contributed by atoms with Gasteiger partial charge in [-0.3, -0.25) is 0 Å². The van der Waals surface area contributed by atoms with Crippen LogP contribution in [0.15, 0.2) is 33.4 Å². The van der Waals surface area contributed by atoms with Crippen LogP contribution in [0.1, 0.15) is 11.1 Å². The first-order valence-corrected chi connectivity index (χ1v) is 5.92. The van der Waals surface area contributed by atoms with Gasteiger partial charge in [-0.2, -0.15) is 0 Å². The summed E-state index contributed by atoms with van der Waals surface area (Å²) in [5.41, 5.74) is 7.34. The molecule has 1 heterocycles. The summed E-state index contributed by atoms with van der Waals surface area (Å²) in [6.45, 7) is 1.94. The molecule has 0 amide bonds. The highest BCUT2D eigenvalue weighted by molar-refractivity contribution is 7.99. The van der Waals surface area contributed by atoms with Crippen LogP contribution in [0.5, 0.6) is 0 Å². The number of amidine groups is 1. The minimum Gasteiger partial charge on any atom is -0.409 e. The van der Waals surface area contributed by atoms with E-state index in [2.05, 4.69) is 20.7 Å². The van der Waals surface area contributed by atoms with Crippen molar-refractivity contribution in [3.63, 3.8) is 0 Å². The van der Waals surface area contributed by atoms with E-state index in [1.807, 2.05) is 25.1 Å². The van der Waals surface area contributed by atoms with Crippen molar-refractivity contribution >= 4 is 17.6 Å². The van der Waals surface area contributed by atoms with Gasteiger partial charge in [-0.1, -0.05) is 16.8 Å². The zero-order valence-corrected chi connectivity index (χ0v) is 10.7. The highest BCUT2D eigenvalue weighted by Crippen LogP contribution is 2.28. The van der Waals surface area contributed by atoms with E-state index >= 15 is 0 Å². The smallest absolute Gasteiger partial charge is 0.213 e. The second-order valence-electron chi connectivity index (χ2n) is 3.67. The molecule has 0 aliphatic rings. The summed E-state index contributed by atoms with van der Waals surface area (Å²) < 4.78 is 1.56. The van der Waals surface area contributed by atoms with Crippen LogP contribution < -0.4 is 5.73 Å². The van der Waals surface area contributed by atoms with Gasteiger partial charge in [0.1, 0.15) is 0 Å². The molecule has 2 aromatic rings. The van der Waals surface area contributed by atoms with Crippen molar-refractivity contribution in [3.8, 4) is 0 Å². The van der Waals surface area contributed by atoms with Crippen LogP contribution >= 0.6 is 11.8 Å². The van der Waals surface area contributed by atoms with Crippen LogP contribution in [-0.4, -0.2) is 31.3 Å². The van der Waals surface area contributed by atoms with E-state index in [1.54, 1.807) is 11.7 Å². The average molecular weight is 264 g/mol. The molecule has 1 aromatic heterocycles. The van der Waals surface area contributed by atoms with E-state index in [0.29, 0.717) is 10.7 Å². The van der Waals surface area contributed by atoms with E-state index in [4.69, 9.17) is 10.9 Å². The largest absolute Gasteiger partial charge is 0.409 e. The summed E-state index contributed by atoms with van der Waals surface area (Å²) in [6.07, 6.45) is 0. The molecule has 0 unspecified atom stereocenters. The molecule has 0 radical (unpaired) electrons. The lowest BCUT2D eigenvalue weighted by Crippen LogP contribution is -2.14. The first-order chi connectivity index (χ1) is 8.61. The molecule has 0 aliphatic heterocycles. The van der Waals surface area contributed by atoms with Gasteiger partial charge in [-0.05, 0) is 41.2 Å². The number of rotatable bonds is 3. The number of nitrogens with zero attached hydrogens (tertiary/aromatic N) is 5. The molecule has 0 aliphatic carbocycles. The first-order valence-electron chi connectivity index (χ1n) is 5.10. The monoisotopic (exact) mass is 264 g/mol. The molecule has 0 saturated heterocycles. The van der Waals surface area contributed by atoms with Gasteiger partial charge in [0.25, 0.3) is 0 Å². The van der Waals surface area contributed by atoms with Crippen LogP contribution in [0.25, 0.3) is 0 Å². The summed E-state index contributed by atoms with van der Waals surface area (Å²) in [5, 5.41) is 23.6. The molecule has 0 saturated carbocycles. The zero-order valence-electron chi connectivity index (χ0n) is 9.90. The lowest BCUT2D eigenvalue weighted by molar-refractivity contribution is 0.318. The van der Waals surface area contributed by atoms with E-state index in [9.17, 15) is 0 Å². The van der Waals surface area contributed by atoms with Crippen molar-refractivity contribution in [2.45, 2.75) is 17.0 Å². The molecule has 1 aromatic carbocycles. The van der Waals surface area contributed by atoms with E-state index in [-0.39, 0.29) is 5.84 Å². The molecular weight excluding hydrogens is 252 g/mol. The van der Waals surface area contributed by atoms with Crippen molar-refractivity contribution in [1.29, 1.82) is 0 Å². The van der Waals surface area contributed by atoms with E-state index in [0.717, 1.165) is 10.5 Å². The molecule has 3 N–H and O–H groups in total. The molecule has 0 atom stereocenters. The fourth-order valence-corrected chi connectivity index (χ4v) is 2.25. The Labute approximate surface area is 108 Å². The second kappa shape index (κ2) is 5.05. The molecule has 0 spiro atoms. The Bertz CT molecular complexity index is 594. The highest BCUT2D eigenvalue weighted by Gasteiger charge is 2.12. The zero-order chi connectivity index (χ0) is 13.1. The third-order valence-electron chi connectivity index (χ3n) is 2.30. The van der Waals surface area contributed by atoms with Crippen LogP contribution in [-0.2, 0) is 7.05 Å². The highest BCUT2D eigenvalue weighted by atomic mass is 32.2. The fourth-order valence-electron chi connectivity index (χ4n) is 1.39. The number of tetrazole rings is 1. The van der Waals surface area contributed by atoms with Crippen LogP contribution in [0, 0.1) is 6.92 Å². The topological polar surface area (TPSA) is 102 Å². The van der Waals surface area contributed by atoms with Crippen LogP contribution in [0.2, 0.25) is 0 Å². The predicted octanol–water partition coefficient (Wildman–Crippen LogP) is 0.764. The molecule has 94 valence electrons. The molecule has 7 nitrogen and oxygen atoms in total. The number of aryl methyl sites for hydroxylation is 2. The summed E-state index contributed by atoms with van der Waals surface area (Å²) in [4.78, 5) is 0.828. The van der Waals surface area contributed by atoms with Gasteiger partial charge < -0.3 is 10.9 Å². The third-order valence-corrected chi connectivity index (χ3v) is 3.41. The van der Waals surface area contributed by atoms with Gasteiger partial charge in [0.15, 0.2) is 5.84 Å². The Hall–Kier alpha value is -2.09. The third kappa shape index (κ3) is 2.43. The van der Waals surface area contributed by atoms with Crippen molar-refractivity contribution in [1.82, 2.24) is 20.2 Å². The molecule has 18 heavy (non-hydrogen) atoms. The van der Waals surface area contributed by atoms with Crippen molar-refractivity contribution in [2.24, 2.45) is 17.9 Å². The quantitative estimate of drug-likeness (QED) is 0.367. The Balaban J connectivity index is 2.42. The maximum atomic E-state index is 8.79. The fraction of sp³-hybridized carbons (Fsp3) is 0.200. The first kappa shape index (κ1) is 12.4. The standard InChI is InChI=1S/C10H12N6OS/c1-6-3-4-8(7(5-6)9(11)13-17)18-10-12-14-15-16(10)2/h3-5,17H,1-2H3,(H2,11,13). The van der Waals surface area contributed by atoms with E-state index in [1.165, 1.54) is 11.8 Å². The van der Waals surface area contributed by atoms with Gasteiger partial charge in [-0.25, -0.2) is 4.68 Å². The molecule has 0 bridgehead atoms. The Morgan fingerprint density at radius 2 is 2.28 bits per heavy atom. The van der Waals surface area contributed by atoms with Gasteiger partial charge in [0, 0.05) is 17.5 Å². The minimum absolute atomic E-state index is 0.0660. The predicted molar refractivity (Wildman–Crippen MR) is 66.6 cm³/mol. The maximum absolute atomic E-state index is 8.79. The van der Waals surface area contributed by atoms with Crippen LogP contribution in [0.4, 0.5) is 0 Å². The number of hydrogen-bond donors (Lipinski definition) is 2. The maximum Gasteiger partial charge on any atom is 0.213 e. The van der Waals surface area contributed by atoms with Crippen molar-refractivity contribution in [3.05, 3.63) is 29.3 Å². The SMILES string of the molecule is Cc1ccc(Sc2nnnn2C)c(/C(N)=N/O)c1. The second-order valence-corrected chi connectivity index (χ2v) is 4.68. The van der Waals surface area contributed by atoms with Gasteiger partial charge in [-0.15, -0.1) is 5.10 Å². The summed E-state index contributed by atoms with van der Waals surface area (Å²) in [5.74, 6) is 0.0660. The Kier molecular flexibility index (Phi) is 3.47. The minimum atomic E-state index is 0.0660. The van der Waals surface area contributed by atoms with Crippen LogP contribution in [0.3, 0.4) is 0 Å². The Morgan fingerprint density at radius 3 is 2.89 bits per heavy atom. The number of oxime groups is 1. The molecular formula is C10H12N6OS. The summed E-state index contributed by atoms with van der Waals surface area (Å²) in [6, 6.07) is 5.68. The lowest BCUT2D eigenvalue weighted by atomic mass is 10.1. The molecule has 8 heteroatoms. The number of aromatic nitrogens is 4. The van der Waals surface area contributed by atoms with Gasteiger partial charge >= 0.3 is 0 Å². The lowest BCUT2D eigenvalue weighted by Gasteiger charge is -2.07. The van der Waals surface area contributed by atoms with Crippen molar-refractivity contribution < 1.29 is 5.21 Å². The molecule has 2 rings (SSSR count). The summed E-state index contributed by atoms with van der Waals surface area (Å²) in [7, 11) is 1.75. The number of benzene rings is 1. The number of hydrogen-bond acceptors (Lipinski definition) is 6. The van der Waals surface area contributed by atoms with Gasteiger partial charge in [0.05, 0.1) is 0 Å². The van der Waals surface area contributed by atoms with Gasteiger partial charge in [0.2, 0.25) is 5.16 Å². The normalized spacial score (nSPS) is 11.8. The average Bonchev–Trinajstić information content (AvgIpc) is 2.76. The van der Waals surface area contributed by atoms with Crippen molar-refractivity contribution in [2.75, 3.05) is 0 Å². The number of nitrogens with two attached hydrogens (primary N) is 1.